The van der Waals surface area contributed by atoms with Crippen LogP contribution in [0.3, 0.4) is 0 Å². The molecular formula is C25H30N2O6S. The van der Waals surface area contributed by atoms with Crippen LogP contribution in [0.2, 0.25) is 0 Å². The number of aryl methyl sites for hydroxylation is 1. The van der Waals surface area contributed by atoms with E-state index in [4.69, 9.17) is 14.2 Å². The first kappa shape index (κ1) is 25.6. The molecule has 0 bridgehead atoms. The molecule has 1 unspecified atom stereocenters. The fraction of sp³-hybridized carbons (Fsp3) is 0.440. The maximum Gasteiger partial charge on any atom is 0.510 e. The summed E-state index contributed by atoms with van der Waals surface area (Å²) in [7, 11) is 0. The summed E-state index contributed by atoms with van der Waals surface area (Å²) in [5.74, 6) is 0.508. The maximum atomic E-state index is 12.6. The van der Waals surface area contributed by atoms with Gasteiger partial charge in [-0.25, -0.2) is 9.69 Å². The van der Waals surface area contributed by atoms with Crippen molar-refractivity contribution < 1.29 is 28.6 Å². The molecule has 1 saturated heterocycles. The van der Waals surface area contributed by atoms with Gasteiger partial charge in [0.05, 0.1) is 18.5 Å². The fourth-order valence-corrected chi connectivity index (χ4v) is 4.18. The van der Waals surface area contributed by atoms with Crippen LogP contribution in [0, 0.1) is 5.92 Å². The highest BCUT2D eigenvalue weighted by Gasteiger charge is 2.40. The number of thioether (sulfide) groups is 1. The van der Waals surface area contributed by atoms with Crippen LogP contribution in [0.4, 0.5) is 9.59 Å². The van der Waals surface area contributed by atoms with Crippen LogP contribution in [-0.2, 0) is 33.5 Å². The van der Waals surface area contributed by atoms with E-state index >= 15 is 0 Å². The van der Waals surface area contributed by atoms with E-state index in [9.17, 15) is 14.4 Å². The van der Waals surface area contributed by atoms with Crippen molar-refractivity contribution in [3.63, 3.8) is 0 Å². The van der Waals surface area contributed by atoms with E-state index in [1.807, 2.05) is 50.4 Å². The number of carbonyl (C=O) groups excluding carboxylic acids is 3. The summed E-state index contributed by atoms with van der Waals surface area (Å²) in [4.78, 5) is 41.8. The Bertz CT molecular complexity index is 978. The molecule has 1 fully saturated rings. The van der Waals surface area contributed by atoms with E-state index in [-0.39, 0.29) is 18.4 Å². The number of imide groups is 1. The van der Waals surface area contributed by atoms with Crippen molar-refractivity contribution in [3.05, 3.63) is 59.4 Å². The number of amides is 2. The van der Waals surface area contributed by atoms with E-state index in [0.717, 1.165) is 40.1 Å². The Kier molecular flexibility index (Phi) is 9.33. The first-order chi connectivity index (χ1) is 16.4. The van der Waals surface area contributed by atoms with Gasteiger partial charge in [-0.1, -0.05) is 50.7 Å². The highest BCUT2D eigenvalue weighted by atomic mass is 32.2. The summed E-state index contributed by atoms with van der Waals surface area (Å²) >= 11 is 0.932. The van der Waals surface area contributed by atoms with Gasteiger partial charge in [0, 0.05) is 18.3 Å². The first-order valence-corrected chi connectivity index (χ1v) is 12.2. The molecule has 3 rings (SSSR count). The van der Waals surface area contributed by atoms with Crippen molar-refractivity contribution in [2.75, 3.05) is 19.9 Å². The van der Waals surface area contributed by atoms with E-state index in [0.29, 0.717) is 19.4 Å². The molecule has 0 radical (unpaired) electrons. The van der Waals surface area contributed by atoms with Crippen molar-refractivity contribution in [1.29, 1.82) is 0 Å². The second-order valence-corrected chi connectivity index (χ2v) is 9.48. The summed E-state index contributed by atoms with van der Waals surface area (Å²) < 4.78 is 15.6. The van der Waals surface area contributed by atoms with Gasteiger partial charge < -0.3 is 14.2 Å². The normalized spacial score (nSPS) is 15.6. The van der Waals surface area contributed by atoms with Crippen molar-refractivity contribution >= 4 is 29.1 Å². The Morgan fingerprint density at radius 1 is 1.09 bits per heavy atom. The molecule has 2 amide bonds. The average Bonchev–Trinajstić information content (AvgIpc) is 3.09. The number of nitrogens with zero attached hydrogens (tertiary/aromatic N) is 2. The molecule has 1 aromatic heterocycles. The topological polar surface area (TPSA) is 95.0 Å². The predicted octanol–water partition coefficient (Wildman–Crippen LogP) is 4.64. The number of aromatic nitrogens is 1. The number of rotatable bonds is 11. The number of carbonyl (C=O) groups is 3. The Morgan fingerprint density at radius 3 is 2.47 bits per heavy atom. The van der Waals surface area contributed by atoms with Crippen molar-refractivity contribution in [1.82, 2.24) is 9.88 Å². The lowest BCUT2D eigenvalue weighted by Crippen LogP contribution is -2.35. The quantitative estimate of drug-likeness (QED) is 0.424. The molecule has 1 aliphatic heterocycles. The molecule has 1 aromatic carbocycles. The van der Waals surface area contributed by atoms with Crippen molar-refractivity contribution in [3.8, 4) is 5.75 Å². The average molecular weight is 487 g/mol. The number of benzene rings is 1. The zero-order chi connectivity index (χ0) is 24.5. The minimum atomic E-state index is -0.896. The lowest BCUT2D eigenvalue weighted by molar-refractivity contribution is -0.129. The largest absolute Gasteiger partial charge is 0.510 e. The van der Waals surface area contributed by atoms with Gasteiger partial charge in [-0.3, -0.25) is 14.6 Å². The lowest BCUT2D eigenvalue weighted by Gasteiger charge is -2.14. The van der Waals surface area contributed by atoms with Gasteiger partial charge in [0.15, 0.2) is 6.73 Å². The van der Waals surface area contributed by atoms with Gasteiger partial charge in [0.1, 0.15) is 5.75 Å². The van der Waals surface area contributed by atoms with Gasteiger partial charge in [0.2, 0.25) is 5.91 Å². The zero-order valence-electron chi connectivity index (χ0n) is 19.7. The standard InChI is InChI=1S/C25H30N2O6S/c1-4-18-5-8-20(26-14-18)11-12-31-21-9-6-19(7-10-21)13-22-23(28)27(24(29)34-22)16-33-25(30)32-15-17(2)3/h5-10,14,17,22H,4,11-13,15-16H2,1-3H3. The van der Waals surface area contributed by atoms with Gasteiger partial charge in [-0.2, -0.15) is 0 Å². The first-order valence-electron chi connectivity index (χ1n) is 11.3. The van der Waals surface area contributed by atoms with Crippen LogP contribution in [0.15, 0.2) is 42.6 Å². The maximum absolute atomic E-state index is 12.6. The van der Waals surface area contributed by atoms with Crippen LogP contribution in [-0.4, -0.2) is 52.4 Å². The second-order valence-electron chi connectivity index (χ2n) is 8.32. The molecule has 0 N–H and O–H groups in total. The summed E-state index contributed by atoms with van der Waals surface area (Å²) in [6, 6.07) is 11.6. The highest BCUT2D eigenvalue weighted by molar-refractivity contribution is 8.15. The molecule has 0 aliphatic carbocycles. The third-order valence-electron chi connectivity index (χ3n) is 5.12. The van der Waals surface area contributed by atoms with Crippen molar-refractivity contribution in [2.45, 2.75) is 45.3 Å². The van der Waals surface area contributed by atoms with Crippen molar-refractivity contribution in [2.24, 2.45) is 5.92 Å². The predicted molar refractivity (Wildman–Crippen MR) is 129 cm³/mol. The molecule has 182 valence electrons. The Labute approximate surface area is 204 Å². The van der Waals surface area contributed by atoms with Gasteiger partial charge >= 0.3 is 6.16 Å². The van der Waals surface area contributed by atoms with Crippen LogP contribution in [0.5, 0.6) is 5.75 Å². The smallest absolute Gasteiger partial charge is 0.493 e. The fourth-order valence-electron chi connectivity index (χ4n) is 3.16. The molecule has 8 nitrogen and oxygen atoms in total. The van der Waals surface area contributed by atoms with Crippen LogP contribution >= 0.6 is 11.8 Å². The zero-order valence-corrected chi connectivity index (χ0v) is 20.5. The Hall–Kier alpha value is -3.07. The lowest BCUT2D eigenvalue weighted by atomic mass is 10.1. The van der Waals surface area contributed by atoms with Gasteiger partial charge in [-0.15, -0.1) is 0 Å². The summed E-state index contributed by atoms with van der Waals surface area (Å²) in [6.07, 6.45) is 3.06. The molecule has 0 saturated carbocycles. The van der Waals surface area contributed by atoms with Gasteiger partial charge in [0.25, 0.3) is 5.24 Å². The van der Waals surface area contributed by atoms with Gasteiger partial charge in [-0.05, 0) is 48.1 Å². The molecule has 2 heterocycles. The van der Waals surface area contributed by atoms with Crippen LogP contribution < -0.4 is 4.74 Å². The summed E-state index contributed by atoms with van der Waals surface area (Å²) in [6.45, 7) is 6.16. The van der Waals surface area contributed by atoms with E-state index in [1.165, 1.54) is 5.56 Å². The summed E-state index contributed by atoms with van der Waals surface area (Å²) in [5, 5.41) is -1.00. The van der Waals surface area contributed by atoms with E-state index in [2.05, 4.69) is 18.0 Å². The molecule has 2 aromatic rings. The number of hydrogen-bond donors (Lipinski definition) is 0. The van der Waals surface area contributed by atoms with Crippen LogP contribution in [0.25, 0.3) is 0 Å². The Morgan fingerprint density at radius 2 is 1.82 bits per heavy atom. The second kappa shape index (κ2) is 12.4. The minimum Gasteiger partial charge on any atom is -0.493 e. The van der Waals surface area contributed by atoms with Crippen LogP contribution in [0.1, 0.15) is 37.6 Å². The SMILES string of the molecule is CCc1ccc(CCOc2ccc(CC3SC(=O)N(COC(=O)OCC(C)C)C3=O)cc2)nc1. The molecule has 1 atom stereocenters. The molecule has 9 heteroatoms. The highest BCUT2D eigenvalue weighted by Crippen LogP contribution is 2.30. The van der Waals surface area contributed by atoms with E-state index < -0.39 is 23.4 Å². The monoisotopic (exact) mass is 486 g/mol. The molecular weight excluding hydrogens is 456 g/mol. The molecule has 0 spiro atoms. The third kappa shape index (κ3) is 7.48. The number of hydrogen-bond acceptors (Lipinski definition) is 8. The third-order valence-corrected chi connectivity index (χ3v) is 6.19. The molecule has 34 heavy (non-hydrogen) atoms. The van der Waals surface area contributed by atoms with E-state index in [1.54, 1.807) is 0 Å². The number of ether oxygens (including phenoxy) is 3. The molecule has 1 aliphatic rings. The Balaban J connectivity index is 1.43. The minimum absolute atomic E-state index is 0.161. The number of pyridine rings is 1. The summed E-state index contributed by atoms with van der Waals surface area (Å²) in [5.41, 5.74) is 3.10.